The van der Waals surface area contributed by atoms with E-state index in [0.29, 0.717) is 21.4 Å². The second-order valence-electron chi connectivity index (χ2n) is 2.93. The van der Waals surface area contributed by atoms with Gasteiger partial charge in [-0.05, 0) is 28.1 Å². The Morgan fingerprint density at radius 1 is 1.27 bits per heavy atom. The molecule has 0 amide bonds. The van der Waals surface area contributed by atoms with Gasteiger partial charge >= 0.3 is 0 Å². The molecule has 2 rings (SSSR count). The lowest BCUT2D eigenvalue weighted by molar-refractivity contribution is 0.883. The minimum atomic E-state index is 0.434. The zero-order chi connectivity index (χ0) is 11.0. The second kappa shape index (κ2) is 4.04. The molecule has 6 heteroatoms. The Bertz CT molecular complexity index is 510. The summed E-state index contributed by atoms with van der Waals surface area (Å²) in [4.78, 5) is 0. The number of nitrogens with zero attached hydrogens (tertiary/aromatic N) is 2. The van der Waals surface area contributed by atoms with E-state index < -0.39 is 0 Å². The van der Waals surface area contributed by atoms with Crippen molar-refractivity contribution >= 4 is 44.8 Å². The third-order valence-electron chi connectivity index (χ3n) is 1.87. The first-order chi connectivity index (χ1) is 7.08. The van der Waals surface area contributed by atoms with Gasteiger partial charge in [0, 0.05) is 6.20 Å². The van der Waals surface area contributed by atoms with Gasteiger partial charge in [-0.3, -0.25) is 0 Å². The lowest BCUT2D eigenvalue weighted by Gasteiger charge is -2.07. The van der Waals surface area contributed by atoms with Gasteiger partial charge < -0.3 is 5.73 Å². The number of benzene rings is 1. The molecule has 0 bridgehead atoms. The SMILES string of the molecule is Nc1cc(Cl)c(Cl)cc1-n1cc(Br)cn1. The highest BCUT2D eigenvalue weighted by Gasteiger charge is 2.07. The monoisotopic (exact) mass is 305 g/mol. The molecule has 2 N–H and O–H groups in total. The molecular formula is C9H6BrCl2N3. The van der Waals surface area contributed by atoms with Crippen LogP contribution in [0.25, 0.3) is 5.69 Å². The van der Waals surface area contributed by atoms with E-state index in [1.54, 1.807) is 29.2 Å². The fraction of sp³-hybridized carbons (Fsp3) is 0. The summed E-state index contributed by atoms with van der Waals surface area (Å²) in [5.41, 5.74) is 7.04. The minimum absolute atomic E-state index is 0.434. The molecule has 78 valence electrons. The smallest absolute Gasteiger partial charge is 0.0891 e. The van der Waals surface area contributed by atoms with Crippen molar-refractivity contribution in [3.8, 4) is 5.69 Å². The van der Waals surface area contributed by atoms with Crippen LogP contribution in [-0.2, 0) is 0 Å². The van der Waals surface area contributed by atoms with E-state index in [2.05, 4.69) is 21.0 Å². The fourth-order valence-electron chi connectivity index (χ4n) is 1.18. The highest BCUT2D eigenvalue weighted by molar-refractivity contribution is 9.10. The van der Waals surface area contributed by atoms with Crippen LogP contribution in [-0.4, -0.2) is 9.78 Å². The first-order valence-corrected chi connectivity index (χ1v) is 5.58. The minimum Gasteiger partial charge on any atom is -0.397 e. The Morgan fingerprint density at radius 2 is 1.93 bits per heavy atom. The summed E-state index contributed by atoms with van der Waals surface area (Å²) in [5.74, 6) is 0. The van der Waals surface area contributed by atoms with Crippen LogP contribution < -0.4 is 5.73 Å². The fourth-order valence-corrected chi connectivity index (χ4v) is 1.80. The molecule has 0 atom stereocenters. The predicted octanol–water partition coefficient (Wildman–Crippen LogP) is 3.52. The zero-order valence-corrected chi connectivity index (χ0v) is 10.5. The molecule has 1 aromatic carbocycles. The largest absolute Gasteiger partial charge is 0.397 e. The molecular weight excluding hydrogens is 301 g/mol. The van der Waals surface area contributed by atoms with Crippen LogP contribution in [0, 0.1) is 0 Å². The van der Waals surface area contributed by atoms with Crippen LogP contribution in [0.4, 0.5) is 5.69 Å². The van der Waals surface area contributed by atoms with E-state index in [9.17, 15) is 0 Å². The molecule has 0 aliphatic carbocycles. The Balaban J connectivity index is 2.58. The molecule has 0 radical (unpaired) electrons. The Hall–Kier alpha value is -0.710. The standard InChI is InChI=1S/C9H6BrCl2N3/c10-5-3-14-15(4-5)9-2-7(12)6(11)1-8(9)13/h1-4H,13H2. The molecule has 0 aliphatic heterocycles. The molecule has 0 spiro atoms. The molecule has 0 unspecified atom stereocenters. The number of anilines is 1. The van der Waals surface area contributed by atoms with E-state index in [4.69, 9.17) is 28.9 Å². The summed E-state index contributed by atoms with van der Waals surface area (Å²) >= 11 is 15.0. The molecule has 1 aromatic heterocycles. The molecule has 3 nitrogen and oxygen atoms in total. The Kier molecular flexibility index (Phi) is 2.91. The van der Waals surface area contributed by atoms with Crippen molar-refractivity contribution in [1.82, 2.24) is 9.78 Å². The van der Waals surface area contributed by atoms with E-state index in [1.165, 1.54) is 0 Å². The van der Waals surface area contributed by atoms with E-state index >= 15 is 0 Å². The van der Waals surface area contributed by atoms with Crippen molar-refractivity contribution < 1.29 is 0 Å². The average molecular weight is 307 g/mol. The van der Waals surface area contributed by atoms with Gasteiger partial charge in [-0.2, -0.15) is 5.10 Å². The van der Waals surface area contributed by atoms with Gasteiger partial charge in [-0.1, -0.05) is 23.2 Å². The first-order valence-electron chi connectivity index (χ1n) is 4.03. The topological polar surface area (TPSA) is 43.8 Å². The Morgan fingerprint density at radius 3 is 2.53 bits per heavy atom. The maximum atomic E-state index is 5.90. The maximum absolute atomic E-state index is 5.90. The van der Waals surface area contributed by atoms with Gasteiger partial charge in [0.15, 0.2) is 0 Å². The van der Waals surface area contributed by atoms with Crippen LogP contribution in [0.1, 0.15) is 0 Å². The third-order valence-corrected chi connectivity index (χ3v) is 3.00. The van der Waals surface area contributed by atoms with Crippen molar-refractivity contribution in [2.45, 2.75) is 0 Å². The molecule has 0 saturated heterocycles. The number of nitrogen functional groups attached to an aromatic ring is 1. The van der Waals surface area contributed by atoms with Crippen molar-refractivity contribution in [3.63, 3.8) is 0 Å². The molecule has 15 heavy (non-hydrogen) atoms. The van der Waals surface area contributed by atoms with Gasteiger partial charge in [-0.25, -0.2) is 4.68 Å². The van der Waals surface area contributed by atoms with Crippen LogP contribution in [0.15, 0.2) is 29.0 Å². The second-order valence-corrected chi connectivity index (χ2v) is 4.66. The summed E-state index contributed by atoms with van der Waals surface area (Å²) in [6.45, 7) is 0. The van der Waals surface area contributed by atoms with Crippen LogP contribution in [0.5, 0.6) is 0 Å². The van der Waals surface area contributed by atoms with Gasteiger partial charge in [0.2, 0.25) is 0 Å². The van der Waals surface area contributed by atoms with E-state index in [-0.39, 0.29) is 0 Å². The molecule has 1 heterocycles. The number of aromatic nitrogens is 2. The van der Waals surface area contributed by atoms with Crippen LogP contribution >= 0.6 is 39.1 Å². The number of hydrogen-bond donors (Lipinski definition) is 1. The third kappa shape index (κ3) is 2.12. The molecule has 0 saturated carbocycles. The maximum Gasteiger partial charge on any atom is 0.0891 e. The summed E-state index contributed by atoms with van der Waals surface area (Å²) in [5, 5.41) is 4.99. The molecule has 0 fully saturated rings. The summed E-state index contributed by atoms with van der Waals surface area (Å²) < 4.78 is 2.50. The van der Waals surface area contributed by atoms with Crippen LogP contribution in [0.2, 0.25) is 10.0 Å². The lowest BCUT2D eigenvalue weighted by Crippen LogP contribution is -2.00. The summed E-state index contributed by atoms with van der Waals surface area (Å²) in [6, 6.07) is 3.29. The quantitative estimate of drug-likeness (QED) is 0.819. The van der Waals surface area contributed by atoms with E-state index in [1.807, 2.05) is 0 Å². The normalized spacial score (nSPS) is 10.6. The van der Waals surface area contributed by atoms with Crippen LogP contribution in [0.3, 0.4) is 0 Å². The van der Waals surface area contributed by atoms with Gasteiger partial charge in [0.1, 0.15) is 0 Å². The highest BCUT2D eigenvalue weighted by Crippen LogP contribution is 2.29. The predicted molar refractivity (Wildman–Crippen MR) is 65.7 cm³/mol. The lowest BCUT2D eigenvalue weighted by atomic mass is 10.3. The first kappa shape index (κ1) is 10.8. The Labute approximate surface area is 105 Å². The van der Waals surface area contributed by atoms with Gasteiger partial charge in [0.05, 0.1) is 32.1 Å². The number of nitrogens with two attached hydrogens (primary N) is 1. The van der Waals surface area contributed by atoms with Gasteiger partial charge in [-0.15, -0.1) is 0 Å². The van der Waals surface area contributed by atoms with Crippen molar-refractivity contribution in [2.24, 2.45) is 0 Å². The van der Waals surface area contributed by atoms with Crippen molar-refractivity contribution in [1.29, 1.82) is 0 Å². The average Bonchev–Trinajstić information content (AvgIpc) is 2.58. The zero-order valence-electron chi connectivity index (χ0n) is 7.42. The van der Waals surface area contributed by atoms with Gasteiger partial charge in [0.25, 0.3) is 0 Å². The summed E-state index contributed by atoms with van der Waals surface area (Å²) in [7, 11) is 0. The number of hydrogen-bond acceptors (Lipinski definition) is 2. The van der Waals surface area contributed by atoms with Crippen molar-refractivity contribution in [3.05, 3.63) is 39.0 Å². The van der Waals surface area contributed by atoms with E-state index in [0.717, 1.165) is 4.47 Å². The number of rotatable bonds is 1. The highest BCUT2D eigenvalue weighted by atomic mass is 79.9. The molecule has 2 aromatic rings. The summed E-state index contributed by atoms with van der Waals surface area (Å²) in [6.07, 6.45) is 3.46. The van der Waals surface area contributed by atoms with Crippen molar-refractivity contribution in [2.75, 3.05) is 5.73 Å². The molecule has 0 aliphatic rings. The number of halogens is 3.